The number of esters is 1. The summed E-state index contributed by atoms with van der Waals surface area (Å²) in [6.45, 7) is 21.9. The number of hydrogen-bond acceptors (Lipinski definition) is 6. The van der Waals surface area contributed by atoms with Gasteiger partial charge < -0.3 is 24.0 Å². The third kappa shape index (κ3) is 10.1. The van der Waals surface area contributed by atoms with Gasteiger partial charge in [-0.3, -0.25) is 9.59 Å². The van der Waals surface area contributed by atoms with Crippen molar-refractivity contribution >= 4 is 28.5 Å². The Morgan fingerprint density at radius 1 is 0.911 bits per heavy atom. The molecule has 250 valence electrons. The number of carbonyl (C=O) groups is 2. The van der Waals surface area contributed by atoms with Crippen LogP contribution in [0.1, 0.15) is 88.1 Å². The summed E-state index contributed by atoms with van der Waals surface area (Å²) < 4.78 is 20.4. The fourth-order valence-corrected chi connectivity index (χ4v) is 5.06. The van der Waals surface area contributed by atoms with E-state index in [1.54, 1.807) is 16.4 Å². The van der Waals surface area contributed by atoms with Crippen molar-refractivity contribution in [3.8, 4) is 0 Å². The number of piperazine rings is 1. The second-order valence-electron chi connectivity index (χ2n) is 9.96. The van der Waals surface area contributed by atoms with E-state index in [9.17, 15) is 18.8 Å². The number of anilines is 1. The zero-order valence-electron chi connectivity index (χ0n) is 29.2. The van der Waals surface area contributed by atoms with E-state index >= 15 is 0 Å². The molecule has 8 nitrogen and oxygen atoms in total. The third-order valence-electron chi connectivity index (χ3n) is 7.31. The molecule has 2 heterocycles. The summed E-state index contributed by atoms with van der Waals surface area (Å²) in [6, 6.07) is 11.5. The van der Waals surface area contributed by atoms with Gasteiger partial charge in [0.25, 0.3) is 11.5 Å². The number of pyridine rings is 1. The average Bonchev–Trinajstić information content (AvgIpc) is 3.08. The number of halogens is 1. The van der Waals surface area contributed by atoms with Crippen molar-refractivity contribution in [2.45, 2.75) is 75.3 Å². The maximum Gasteiger partial charge on any atom is 0.345 e. The lowest BCUT2D eigenvalue weighted by atomic mass is 10.0. The van der Waals surface area contributed by atoms with E-state index in [0.29, 0.717) is 44.0 Å². The van der Waals surface area contributed by atoms with Crippen molar-refractivity contribution in [3.05, 3.63) is 75.3 Å². The number of amides is 1. The Hall–Kier alpha value is -3.72. The largest absolute Gasteiger partial charge is 0.462 e. The predicted octanol–water partition coefficient (Wildman–Crippen LogP) is 7.01. The first-order valence-corrected chi connectivity index (χ1v) is 16.6. The van der Waals surface area contributed by atoms with Crippen LogP contribution in [0.2, 0.25) is 0 Å². The average molecular weight is 627 g/mol. The van der Waals surface area contributed by atoms with Gasteiger partial charge in [0, 0.05) is 43.7 Å². The third-order valence-corrected chi connectivity index (χ3v) is 7.31. The molecule has 0 radical (unpaired) electrons. The Labute approximate surface area is 269 Å². The number of fused-ring (bicyclic) bond motifs is 1. The minimum Gasteiger partial charge on any atom is -0.462 e. The molecule has 1 aliphatic heterocycles. The zero-order valence-corrected chi connectivity index (χ0v) is 29.2. The normalized spacial score (nSPS) is 12.4. The highest BCUT2D eigenvalue weighted by Crippen LogP contribution is 2.32. The Balaban J connectivity index is 0.00000159. The number of rotatable bonds is 9. The number of ether oxygens (including phenoxy) is 1. The summed E-state index contributed by atoms with van der Waals surface area (Å²) in [4.78, 5) is 46.1. The fourth-order valence-electron chi connectivity index (χ4n) is 5.06. The van der Waals surface area contributed by atoms with Crippen LogP contribution in [0, 0.1) is 12.7 Å². The molecule has 1 aromatic heterocycles. The molecule has 0 unspecified atom stereocenters. The van der Waals surface area contributed by atoms with Crippen molar-refractivity contribution in [1.82, 2.24) is 14.4 Å². The molecule has 0 N–H and O–H groups in total. The minimum atomic E-state index is -0.634. The maximum atomic E-state index is 13.9. The van der Waals surface area contributed by atoms with Gasteiger partial charge in [0.05, 0.1) is 17.8 Å². The molecule has 2 aromatic carbocycles. The van der Waals surface area contributed by atoms with Crippen LogP contribution in [-0.2, 0) is 11.3 Å². The van der Waals surface area contributed by atoms with Crippen LogP contribution in [0.15, 0.2) is 47.3 Å². The molecule has 0 aliphatic carbocycles. The molecule has 0 spiro atoms. The van der Waals surface area contributed by atoms with E-state index in [0.717, 1.165) is 36.0 Å². The number of hydrogen-bond donors (Lipinski definition) is 0. The summed E-state index contributed by atoms with van der Waals surface area (Å²) in [5.74, 6) is -1.20. The Bertz CT molecular complexity index is 1400. The van der Waals surface area contributed by atoms with Crippen molar-refractivity contribution < 1.29 is 18.7 Å². The highest BCUT2D eigenvalue weighted by Gasteiger charge is 2.30. The van der Waals surface area contributed by atoms with Crippen LogP contribution in [0.25, 0.3) is 10.9 Å². The molecular weight excluding hydrogens is 571 g/mol. The zero-order chi connectivity index (χ0) is 34.1. The Morgan fingerprint density at radius 2 is 1.51 bits per heavy atom. The van der Waals surface area contributed by atoms with Gasteiger partial charge in [0.15, 0.2) is 0 Å². The van der Waals surface area contributed by atoms with Gasteiger partial charge in [-0.1, -0.05) is 60.1 Å². The van der Waals surface area contributed by atoms with Crippen LogP contribution in [0.4, 0.5) is 10.1 Å². The molecule has 9 heteroatoms. The van der Waals surface area contributed by atoms with Gasteiger partial charge >= 0.3 is 5.97 Å². The van der Waals surface area contributed by atoms with Crippen molar-refractivity contribution in [2.24, 2.45) is 0 Å². The van der Waals surface area contributed by atoms with E-state index in [-0.39, 0.29) is 23.6 Å². The Kier molecular flexibility index (Phi) is 17.8. The Morgan fingerprint density at radius 3 is 2.07 bits per heavy atom. The molecule has 1 fully saturated rings. The molecule has 4 rings (SSSR count). The van der Waals surface area contributed by atoms with Crippen LogP contribution in [-0.4, -0.2) is 79.2 Å². The SMILES string of the molecule is CC.CC.CC.CCOC(=O)c1c(N2CCN(C(=O)c3ccc(F)cc3)CC2)c2cc(C)ccc2n(CCCN(C)CC)c1=O. The van der Waals surface area contributed by atoms with Crippen LogP contribution in [0.5, 0.6) is 0 Å². The molecule has 45 heavy (non-hydrogen) atoms. The first-order chi connectivity index (χ1) is 21.7. The lowest BCUT2D eigenvalue weighted by Gasteiger charge is -2.37. The number of aromatic nitrogens is 1. The predicted molar refractivity (Wildman–Crippen MR) is 185 cm³/mol. The molecule has 3 aromatic rings. The van der Waals surface area contributed by atoms with Crippen molar-refractivity contribution in [2.75, 3.05) is 57.8 Å². The smallest absolute Gasteiger partial charge is 0.345 e. The molecule has 0 atom stereocenters. The van der Waals surface area contributed by atoms with Gasteiger partial charge in [-0.2, -0.15) is 0 Å². The standard InChI is InChI=1S/C30H37FN4O4.3C2H6/c1-5-32(4)14-7-15-35-25-13-8-21(3)20-24(25)27(26(29(35)37)30(38)39-6-2)33-16-18-34(19-17-33)28(36)22-9-11-23(31)12-10-22;3*1-2/h8-13,20H,5-7,14-19H2,1-4H3;3*1-2H3. The molecule has 1 saturated heterocycles. The highest BCUT2D eigenvalue weighted by molar-refractivity contribution is 6.06. The summed E-state index contributed by atoms with van der Waals surface area (Å²) in [7, 11) is 2.04. The molecular formula is C36H55FN4O4. The monoisotopic (exact) mass is 626 g/mol. The van der Waals surface area contributed by atoms with Gasteiger partial charge in [0.2, 0.25) is 0 Å². The lowest BCUT2D eigenvalue weighted by Crippen LogP contribution is -2.49. The maximum absolute atomic E-state index is 13.9. The second-order valence-corrected chi connectivity index (χ2v) is 9.96. The number of aryl methyl sites for hydroxylation is 2. The topological polar surface area (TPSA) is 75.1 Å². The highest BCUT2D eigenvalue weighted by atomic mass is 19.1. The van der Waals surface area contributed by atoms with Crippen molar-refractivity contribution in [1.29, 1.82) is 0 Å². The summed E-state index contributed by atoms with van der Waals surface area (Å²) in [6.07, 6.45) is 0.763. The fraction of sp³-hybridized carbons (Fsp3) is 0.528. The van der Waals surface area contributed by atoms with Gasteiger partial charge in [-0.15, -0.1) is 0 Å². The quantitative estimate of drug-likeness (QED) is 0.238. The summed E-state index contributed by atoms with van der Waals surface area (Å²) in [5, 5.41) is 0.819. The van der Waals surface area contributed by atoms with E-state index in [1.165, 1.54) is 24.3 Å². The van der Waals surface area contributed by atoms with E-state index in [1.807, 2.05) is 78.6 Å². The lowest BCUT2D eigenvalue weighted by molar-refractivity contribution is 0.0523. The van der Waals surface area contributed by atoms with Crippen molar-refractivity contribution in [3.63, 3.8) is 0 Å². The molecule has 0 bridgehead atoms. The van der Waals surface area contributed by atoms with Crippen LogP contribution < -0.4 is 10.5 Å². The summed E-state index contributed by atoms with van der Waals surface area (Å²) >= 11 is 0. The van der Waals surface area contributed by atoms with E-state index < -0.39 is 11.8 Å². The van der Waals surface area contributed by atoms with Crippen LogP contribution in [0.3, 0.4) is 0 Å². The summed E-state index contributed by atoms with van der Waals surface area (Å²) in [5.41, 5.74) is 2.46. The molecule has 1 amide bonds. The first-order valence-electron chi connectivity index (χ1n) is 16.6. The minimum absolute atomic E-state index is 0.0390. The van der Waals surface area contributed by atoms with Crippen LogP contribution >= 0.6 is 0 Å². The number of benzene rings is 2. The van der Waals surface area contributed by atoms with Gasteiger partial charge in [0.1, 0.15) is 11.4 Å². The van der Waals surface area contributed by atoms with E-state index in [4.69, 9.17) is 4.74 Å². The van der Waals surface area contributed by atoms with Gasteiger partial charge in [-0.05, 0) is 76.8 Å². The second kappa shape index (κ2) is 20.3. The molecule has 1 aliphatic rings. The number of nitrogens with zero attached hydrogens (tertiary/aromatic N) is 4. The number of carbonyl (C=O) groups excluding carboxylic acids is 2. The van der Waals surface area contributed by atoms with E-state index in [2.05, 4.69) is 11.8 Å². The van der Waals surface area contributed by atoms with Gasteiger partial charge in [-0.25, -0.2) is 9.18 Å². The molecule has 0 saturated carbocycles. The first kappa shape index (κ1) is 39.3.